The molecule has 26 heavy (non-hydrogen) atoms. The highest BCUT2D eigenvalue weighted by Gasteiger charge is 2.23. The lowest BCUT2D eigenvalue weighted by Crippen LogP contribution is -2.16. The Labute approximate surface area is 161 Å². The number of carbonyl (C=O) groups excluding carboxylic acids is 1. The second-order valence-electron chi connectivity index (χ2n) is 6.37. The Morgan fingerprint density at radius 2 is 2.23 bits per heavy atom. The van der Waals surface area contributed by atoms with E-state index in [1.54, 1.807) is 11.3 Å². The molecule has 1 aliphatic carbocycles. The number of hydrogen-bond acceptors (Lipinski definition) is 8. The number of hydrogen-bond donors (Lipinski definition) is 2. The summed E-state index contributed by atoms with van der Waals surface area (Å²) in [5, 5.41) is 12.9. The molecule has 0 aromatic carbocycles. The van der Waals surface area contributed by atoms with Gasteiger partial charge in [-0.25, -0.2) is 4.98 Å². The minimum atomic E-state index is -0.201. The van der Waals surface area contributed by atoms with Crippen molar-refractivity contribution in [2.24, 2.45) is 5.92 Å². The standard InChI is InChI=1S/C16H17N5O2S3/c1-7-3-4-9-10(5-7)26-14-12(9)13(23)18-15(19-14)24-6-11(22)17-16-21-20-8(2)25-16/h7H,3-6H2,1-2H3,(H,17,21,22)(H,18,19,23). The third kappa shape index (κ3) is 3.53. The predicted molar refractivity (Wildman–Crippen MR) is 105 cm³/mol. The van der Waals surface area contributed by atoms with Crippen molar-refractivity contribution in [2.75, 3.05) is 11.1 Å². The van der Waals surface area contributed by atoms with E-state index in [0.717, 1.165) is 40.1 Å². The maximum atomic E-state index is 12.5. The third-order valence-electron chi connectivity index (χ3n) is 4.26. The van der Waals surface area contributed by atoms with Crippen LogP contribution in [0.4, 0.5) is 5.13 Å². The molecular weight excluding hydrogens is 390 g/mol. The first-order valence-corrected chi connectivity index (χ1v) is 10.9. The average Bonchev–Trinajstić information content (AvgIpc) is 3.15. The van der Waals surface area contributed by atoms with Crippen LogP contribution in [-0.4, -0.2) is 31.8 Å². The van der Waals surface area contributed by atoms with Gasteiger partial charge in [0.15, 0.2) is 5.16 Å². The van der Waals surface area contributed by atoms with Crippen molar-refractivity contribution in [3.63, 3.8) is 0 Å². The Balaban J connectivity index is 1.50. The topological polar surface area (TPSA) is 101 Å². The molecule has 0 radical (unpaired) electrons. The highest BCUT2D eigenvalue weighted by atomic mass is 32.2. The summed E-state index contributed by atoms with van der Waals surface area (Å²) < 4.78 is 0. The van der Waals surface area contributed by atoms with Gasteiger partial charge in [-0.2, -0.15) is 0 Å². The molecule has 4 rings (SSSR count). The minimum Gasteiger partial charge on any atom is -0.301 e. The van der Waals surface area contributed by atoms with Crippen LogP contribution in [0.25, 0.3) is 10.2 Å². The van der Waals surface area contributed by atoms with Crippen molar-refractivity contribution in [3.05, 3.63) is 25.8 Å². The Bertz CT molecular complexity index is 1040. The Morgan fingerprint density at radius 3 is 3.00 bits per heavy atom. The Hall–Kier alpha value is -1.78. The summed E-state index contributed by atoms with van der Waals surface area (Å²) in [6.07, 6.45) is 3.07. The number of nitrogens with one attached hydrogen (secondary N) is 2. The van der Waals surface area contributed by atoms with Gasteiger partial charge in [-0.3, -0.25) is 14.9 Å². The van der Waals surface area contributed by atoms with Crippen LogP contribution in [-0.2, 0) is 17.6 Å². The molecule has 2 N–H and O–H groups in total. The number of thiophene rings is 1. The van der Waals surface area contributed by atoms with Gasteiger partial charge in [0.1, 0.15) is 9.84 Å². The van der Waals surface area contributed by atoms with Crippen LogP contribution in [0.1, 0.15) is 28.8 Å². The summed E-state index contributed by atoms with van der Waals surface area (Å²) in [5.74, 6) is 0.597. The molecule has 10 heteroatoms. The Kier molecular flexibility index (Phi) is 4.80. The van der Waals surface area contributed by atoms with E-state index < -0.39 is 0 Å². The van der Waals surface area contributed by atoms with Gasteiger partial charge in [-0.15, -0.1) is 21.5 Å². The zero-order chi connectivity index (χ0) is 18.3. The second kappa shape index (κ2) is 7.09. The maximum absolute atomic E-state index is 12.5. The molecule has 136 valence electrons. The SMILES string of the molecule is Cc1nnc(NC(=O)CSc2nc3sc4c(c3c(=O)[nH]2)CCC(C)C4)s1. The van der Waals surface area contributed by atoms with Crippen molar-refractivity contribution in [1.29, 1.82) is 0 Å². The number of H-pyrrole nitrogens is 1. The van der Waals surface area contributed by atoms with E-state index in [-0.39, 0.29) is 17.2 Å². The molecule has 0 saturated heterocycles. The molecule has 3 heterocycles. The van der Waals surface area contributed by atoms with Crippen LogP contribution in [0.15, 0.2) is 9.95 Å². The number of anilines is 1. The first kappa shape index (κ1) is 17.6. The van der Waals surface area contributed by atoms with E-state index in [2.05, 4.69) is 32.4 Å². The lowest BCUT2D eigenvalue weighted by molar-refractivity contribution is -0.113. The number of thioether (sulfide) groups is 1. The van der Waals surface area contributed by atoms with Crippen LogP contribution in [0.5, 0.6) is 0 Å². The molecule has 0 spiro atoms. The average molecular weight is 408 g/mol. The fraction of sp³-hybridized carbons (Fsp3) is 0.438. The fourth-order valence-corrected chi connectivity index (χ4v) is 5.74. The van der Waals surface area contributed by atoms with Gasteiger partial charge in [0.2, 0.25) is 11.0 Å². The molecule has 0 fully saturated rings. The predicted octanol–water partition coefficient (Wildman–Crippen LogP) is 3.00. The van der Waals surface area contributed by atoms with E-state index >= 15 is 0 Å². The molecule has 3 aromatic rings. The molecule has 0 saturated carbocycles. The van der Waals surface area contributed by atoms with E-state index in [1.165, 1.54) is 28.0 Å². The van der Waals surface area contributed by atoms with Crippen molar-refractivity contribution >= 4 is 55.7 Å². The number of aryl methyl sites for hydroxylation is 2. The highest BCUT2D eigenvalue weighted by molar-refractivity contribution is 7.99. The number of carbonyl (C=O) groups is 1. The lowest BCUT2D eigenvalue weighted by atomic mass is 9.89. The maximum Gasteiger partial charge on any atom is 0.260 e. The van der Waals surface area contributed by atoms with Gasteiger partial charge in [-0.1, -0.05) is 30.0 Å². The van der Waals surface area contributed by atoms with Gasteiger partial charge in [0, 0.05) is 4.88 Å². The lowest BCUT2D eigenvalue weighted by Gasteiger charge is -2.17. The number of aromatic nitrogens is 4. The normalized spacial score (nSPS) is 16.6. The largest absolute Gasteiger partial charge is 0.301 e. The van der Waals surface area contributed by atoms with Gasteiger partial charge in [0.05, 0.1) is 11.1 Å². The molecule has 3 aromatic heterocycles. The summed E-state index contributed by atoms with van der Waals surface area (Å²) >= 11 is 4.15. The smallest absolute Gasteiger partial charge is 0.260 e. The summed E-state index contributed by atoms with van der Waals surface area (Å²) in [6, 6.07) is 0. The third-order valence-corrected chi connectivity index (χ3v) is 7.03. The van der Waals surface area contributed by atoms with E-state index in [9.17, 15) is 9.59 Å². The molecule has 1 unspecified atom stereocenters. The molecule has 1 amide bonds. The van der Waals surface area contributed by atoms with Gasteiger partial charge in [0.25, 0.3) is 5.56 Å². The van der Waals surface area contributed by atoms with Gasteiger partial charge >= 0.3 is 0 Å². The van der Waals surface area contributed by atoms with Crippen molar-refractivity contribution in [2.45, 2.75) is 38.3 Å². The summed E-state index contributed by atoms with van der Waals surface area (Å²) in [5.41, 5.74) is 1.06. The van der Waals surface area contributed by atoms with E-state index in [0.29, 0.717) is 16.2 Å². The van der Waals surface area contributed by atoms with Crippen molar-refractivity contribution < 1.29 is 4.79 Å². The summed E-state index contributed by atoms with van der Waals surface area (Å²) in [7, 11) is 0. The zero-order valence-corrected chi connectivity index (χ0v) is 16.7. The fourth-order valence-electron chi connectivity index (χ4n) is 3.03. The van der Waals surface area contributed by atoms with Crippen LogP contribution >= 0.6 is 34.4 Å². The van der Waals surface area contributed by atoms with Crippen molar-refractivity contribution in [3.8, 4) is 0 Å². The van der Waals surface area contributed by atoms with Crippen LogP contribution in [0, 0.1) is 12.8 Å². The minimum absolute atomic E-state index is 0.107. The quantitative estimate of drug-likeness (QED) is 0.509. The van der Waals surface area contributed by atoms with E-state index in [4.69, 9.17) is 0 Å². The zero-order valence-electron chi connectivity index (χ0n) is 14.3. The molecule has 7 nitrogen and oxygen atoms in total. The summed E-state index contributed by atoms with van der Waals surface area (Å²) in [6.45, 7) is 4.07. The molecular formula is C16H17N5O2S3. The number of fused-ring (bicyclic) bond motifs is 3. The number of aromatic amines is 1. The number of rotatable bonds is 4. The van der Waals surface area contributed by atoms with Gasteiger partial charge < -0.3 is 4.98 Å². The second-order valence-corrected chi connectivity index (χ2v) is 9.60. The molecule has 1 aliphatic rings. The first-order valence-electron chi connectivity index (χ1n) is 8.27. The molecule has 1 atom stereocenters. The van der Waals surface area contributed by atoms with Crippen molar-refractivity contribution in [1.82, 2.24) is 20.2 Å². The number of nitrogens with zero attached hydrogens (tertiary/aromatic N) is 3. The van der Waals surface area contributed by atoms with Gasteiger partial charge in [-0.05, 0) is 37.7 Å². The summed E-state index contributed by atoms with van der Waals surface area (Å²) in [4.78, 5) is 34.0. The molecule has 0 bridgehead atoms. The van der Waals surface area contributed by atoms with E-state index in [1.807, 2.05) is 6.92 Å². The van der Waals surface area contributed by atoms with Crippen LogP contribution in [0.2, 0.25) is 0 Å². The Morgan fingerprint density at radius 1 is 1.38 bits per heavy atom. The number of amides is 1. The van der Waals surface area contributed by atoms with Crippen LogP contribution in [0.3, 0.4) is 0 Å². The van der Waals surface area contributed by atoms with Crippen LogP contribution < -0.4 is 10.9 Å². The highest BCUT2D eigenvalue weighted by Crippen LogP contribution is 2.36. The molecule has 0 aliphatic heterocycles. The first-order chi connectivity index (χ1) is 12.5. The monoisotopic (exact) mass is 407 g/mol.